The van der Waals surface area contributed by atoms with Crippen molar-refractivity contribution in [3.05, 3.63) is 30.3 Å². The number of para-hydroxylation sites is 1. The minimum atomic E-state index is -0.403. The first kappa shape index (κ1) is 19.2. The average Bonchev–Trinajstić information content (AvgIpc) is 3.18. The number of nitrogens with zero attached hydrogens (tertiary/aromatic N) is 1. The summed E-state index contributed by atoms with van der Waals surface area (Å²) in [7, 11) is 0. The van der Waals surface area contributed by atoms with Crippen LogP contribution in [-0.4, -0.2) is 37.0 Å². The van der Waals surface area contributed by atoms with Gasteiger partial charge in [0.25, 0.3) is 0 Å². The Morgan fingerprint density at radius 1 is 1.27 bits per heavy atom. The molecular formula is C20H28ClN3O2. The van der Waals surface area contributed by atoms with Crippen molar-refractivity contribution in [1.29, 1.82) is 0 Å². The molecule has 3 aliphatic rings. The van der Waals surface area contributed by atoms with Crippen LogP contribution in [0.1, 0.15) is 39.0 Å². The van der Waals surface area contributed by atoms with Gasteiger partial charge in [-0.25, -0.2) is 0 Å². The fourth-order valence-corrected chi connectivity index (χ4v) is 5.02. The molecule has 1 aliphatic carbocycles. The fourth-order valence-electron chi connectivity index (χ4n) is 5.02. The van der Waals surface area contributed by atoms with E-state index >= 15 is 0 Å². The van der Waals surface area contributed by atoms with E-state index in [1.54, 1.807) is 0 Å². The highest BCUT2D eigenvalue weighted by molar-refractivity contribution is 6.02. The number of halogens is 1. The molecule has 0 radical (unpaired) electrons. The number of anilines is 1. The van der Waals surface area contributed by atoms with E-state index in [-0.39, 0.29) is 35.7 Å². The molecule has 0 spiro atoms. The van der Waals surface area contributed by atoms with E-state index < -0.39 is 6.04 Å². The van der Waals surface area contributed by atoms with Crippen LogP contribution in [0.15, 0.2) is 30.3 Å². The van der Waals surface area contributed by atoms with Crippen LogP contribution in [0, 0.1) is 11.3 Å². The second kappa shape index (κ2) is 7.57. The molecule has 2 amide bonds. The number of carbonyl (C=O) groups is 2. The first-order valence-corrected chi connectivity index (χ1v) is 9.51. The van der Waals surface area contributed by atoms with Crippen LogP contribution in [0.4, 0.5) is 5.69 Å². The minimum absolute atomic E-state index is 0. The molecule has 2 N–H and O–H groups in total. The van der Waals surface area contributed by atoms with E-state index in [0.717, 1.165) is 38.0 Å². The molecule has 3 fully saturated rings. The molecule has 4 rings (SSSR count). The molecule has 2 aliphatic heterocycles. The molecule has 2 unspecified atom stereocenters. The zero-order chi connectivity index (χ0) is 17.4. The summed E-state index contributed by atoms with van der Waals surface area (Å²) in [6.07, 6.45) is 5.05. The second-order valence-electron chi connectivity index (χ2n) is 7.88. The molecule has 142 valence electrons. The van der Waals surface area contributed by atoms with Crippen LogP contribution in [0.5, 0.6) is 0 Å². The highest BCUT2D eigenvalue weighted by Crippen LogP contribution is 2.44. The number of rotatable bonds is 3. The lowest BCUT2D eigenvalue weighted by Gasteiger charge is -2.37. The van der Waals surface area contributed by atoms with Crippen LogP contribution in [0.3, 0.4) is 0 Å². The highest BCUT2D eigenvalue weighted by atomic mass is 35.5. The molecule has 2 heterocycles. The maximum absolute atomic E-state index is 13.1. The third kappa shape index (κ3) is 3.12. The first-order chi connectivity index (χ1) is 12.1. The standard InChI is InChI=1S/C20H27N3O2.ClH/c1-14-11-17(18(24)23(14)16-8-3-2-4-9-16)22-19(25)20-10-6-5-7-15(20)12-21-13-20;/h2-4,8-9,14-15,17,21H,5-7,10-13H2,1H3,(H,22,25);1H/t14?,15-,17?,20+;/m0./s1. The number of benzene rings is 1. The van der Waals surface area contributed by atoms with Crippen LogP contribution >= 0.6 is 12.4 Å². The van der Waals surface area contributed by atoms with E-state index in [1.165, 1.54) is 6.42 Å². The Labute approximate surface area is 161 Å². The van der Waals surface area contributed by atoms with Crippen LogP contribution < -0.4 is 15.5 Å². The van der Waals surface area contributed by atoms with Gasteiger partial charge >= 0.3 is 0 Å². The van der Waals surface area contributed by atoms with E-state index in [1.807, 2.05) is 35.2 Å². The number of amides is 2. The summed E-state index contributed by atoms with van der Waals surface area (Å²) in [6.45, 7) is 3.73. The zero-order valence-electron chi connectivity index (χ0n) is 15.2. The van der Waals surface area contributed by atoms with Gasteiger partial charge in [0, 0.05) is 18.3 Å². The summed E-state index contributed by atoms with van der Waals surface area (Å²) in [5, 5.41) is 6.53. The van der Waals surface area contributed by atoms with Crippen LogP contribution in [-0.2, 0) is 9.59 Å². The fraction of sp³-hybridized carbons (Fsp3) is 0.600. The Kier molecular flexibility index (Phi) is 5.58. The van der Waals surface area contributed by atoms with Crippen molar-refractivity contribution in [2.45, 2.75) is 51.1 Å². The van der Waals surface area contributed by atoms with Crippen molar-refractivity contribution >= 4 is 29.9 Å². The molecule has 26 heavy (non-hydrogen) atoms. The topological polar surface area (TPSA) is 61.4 Å². The summed E-state index contributed by atoms with van der Waals surface area (Å²) in [5.74, 6) is 0.518. The third-order valence-electron chi connectivity index (χ3n) is 6.38. The average molecular weight is 378 g/mol. The van der Waals surface area contributed by atoms with Gasteiger partial charge in [0.2, 0.25) is 11.8 Å². The minimum Gasteiger partial charge on any atom is -0.344 e. The van der Waals surface area contributed by atoms with Gasteiger partial charge in [-0.3, -0.25) is 9.59 Å². The highest BCUT2D eigenvalue weighted by Gasteiger charge is 2.51. The van der Waals surface area contributed by atoms with Crippen molar-refractivity contribution in [2.24, 2.45) is 11.3 Å². The maximum atomic E-state index is 13.1. The number of nitrogens with one attached hydrogen (secondary N) is 2. The van der Waals surface area contributed by atoms with Crippen LogP contribution in [0.25, 0.3) is 0 Å². The number of hydrogen-bond acceptors (Lipinski definition) is 3. The predicted octanol–water partition coefficient (Wildman–Crippen LogP) is 2.50. The van der Waals surface area contributed by atoms with E-state index in [0.29, 0.717) is 12.3 Å². The van der Waals surface area contributed by atoms with Crippen LogP contribution in [0.2, 0.25) is 0 Å². The number of carbonyl (C=O) groups excluding carboxylic acids is 2. The summed E-state index contributed by atoms with van der Waals surface area (Å²) in [6, 6.07) is 9.43. The Hall–Kier alpha value is -1.59. The molecule has 0 bridgehead atoms. The largest absolute Gasteiger partial charge is 0.344 e. The van der Waals surface area contributed by atoms with E-state index in [2.05, 4.69) is 17.6 Å². The molecule has 0 aromatic heterocycles. The van der Waals surface area contributed by atoms with Gasteiger partial charge in [0.05, 0.1) is 5.41 Å². The van der Waals surface area contributed by atoms with Crippen molar-refractivity contribution in [3.63, 3.8) is 0 Å². The molecule has 6 heteroatoms. The lowest BCUT2D eigenvalue weighted by molar-refractivity contribution is -0.136. The zero-order valence-corrected chi connectivity index (χ0v) is 16.1. The SMILES string of the molecule is CC1CC(NC(=O)[C@@]23CCCC[C@H]2CNC3)C(=O)N1c1ccccc1.Cl. The van der Waals surface area contributed by atoms with Gasteiger partial charge in [-0.1, -0.05) is 31.0 Å². The lowest BCUT2D eigenvalue weighted by Crippen LogP contribution is -2.52. The van der Waals surface area contributed by atoms with Crippen molar-refractivity contribution in [2.75, 3.05) is 18.0 Å². The second-order valence-corrected chi connectivity index (χ2v) is 7.88. The van der Waals surface area contributed by atoms with E-state index in [4.69, 9.17) is 0 Å². The Balaban J connectivity index is 0.00000196. The van der Waals surface area contributed by atoms with Crippen molar-refractivity contribution in [3.8, 4) is 0 Å². The van der Waals surface area contributed by atoms with Gasteiger partial charge in [-0.15, -0.1) is 12.4 Å². The maximum Gasteiger partial charge on any atom is 0.249 e. The Morgan fingerprint density at radius 2 is 2.04 bits per heavy atom. The van der Waals surface area contributed by atoms with Crippen molar-refractivity contribution in [1.82, 2.24) is 10.6 Å². The van der Waals surface area contributed by atoms with Gasteiger partial charge in [0.1, 0.15) is 6.04 Å². The Bertz CT molecular complexity index is 668. The molecule has 5 nitrogen and oxygen atoms in total. The molecule has 2 saturated heterocycles. The molecular weight excluding hydrogens is 350 g/mol. The first-order valence-electron chi connectivity index (χ1n) is 9.51. The summed E-state index contributed by atoms with van der Waals surface area (Å²) >= 11 is 0. The molecule has 1 aromatic carbocycles. The monoisotopic (exact) mass is 377 g/mol. The quantitative estimate of drug-likeness (QED) is 0.850. The summed E-state index contributed by atoms with van der Waals surface area (Å²) in [5.41, 5.74) is 0.607. The van der Waals surface area contributed by atoms with E-state index in [9.17, 15) is 9.59 Å². The van der Waals surface area contributed by atoms with Gasteiger partial charge in [0.15, 0.2) is 0 Å². The Morgan fingerprint density at radius 3 is 2.81 bits per heavy atom. The number of hydrogen-bond donors (Lipinski definition) is 2. The van der Waals surface area contributed by atoms with Gasteiger partial charge < -0.3 is 15.5 Å². The van der Waals surface area contributed by atoms with Gasteiger partial charge in [-0.2, -0.15) is 0 Å². The number of fused-ring (bicyclic) bond motifs is 1. The molecule has 4 atom stereocenters. The lowest BCUT2D eigenvalue weighted by atomic mass is 9.67. The molecule has 1 saturated carbocycles. The summed E-state index contributed by atoms with van der Waals surface area (Å²) < 4.78 is 0. The van der Waals surface area contributed by atoms with Gasteiger partial charge in [-0.05, 0) is 50.8 Å². The molecule has 1 aromatic rings. The smallest absolute Gasteiger partial charge is 0.249 e. The normalized spacial score (nSPS) is 33.5. The van der Waals surface area contributed by atoms with Crippen molar-refractivity contribution < 1.29 is 9.59 Å². The third-order valence-corrected chi connectivity index (χ3v) is 6.38. The predicted molar refractivity (Wildman–Crippen MR) is 104 cm³/mol. The summed E-state index contributed by atoms with van der Waals surface area (Å²) in [4.78, 5) is 27.9.